The van der Waals surface area contributed by atoms with Gasteiger partial charge in [0.25, 0.3) is 5.91 Å². The maximum atomic E-state index is 13.4. The van der Waals surface area contributed by atoms with E-state index in [0.717, 1.165) is 67.9 Å². The van der Waals surface area contributed by atoms with Crippen LogP contribution in [0.15, 0.2) is 36.4 Å². The number of imidazole rings is 1. The number of amides is 1. The van der Waals surface area contributed by atoms with Crippen molar-refractivity contribution in [1.82, 2.24) is 19.0 Å². The lowest BCUT2D eigenvalue weighted by atomic mass is 10.1. The number of anilines is 1. The molecule has 0 radical (unpaired) electrons. The van der Waals surface area contributed by atoms with E-state index in [1.807, 2.05) is 24.1 Å². The number of hydrogen-bond donors (Lipinski definition) is 1. The molecule has 1 aliphatic carbocycles. The fourth-order valence-electron chi connectivity index (χ4n) is 6.92. The Kier molecular flexibility index (Phi) is 5.44. The molecule has 1 N–H and O–H groups in total. The number of ether oxygens (including phenoxy) is 1. The minimum absolute atomic E-state index is 0.0876. The summed E-state index contributed by atoms with van der Waals surface area (Å²) in [5, 5.41) is 10.6. The maximum absolute atomic E-state index is 13.4. The minimum Gasteiger partial charge on any atom is -0.494 e. The molecule has 3 atom stereocenters. The van der Waals surface area contributed by atoms with E-state index in [0.29, 0.717) is 23.3 Å². The summed E-state index contributed by atoms with van der Waals surface area (Å²) in [4.78, 5) is 23.0. The van der Waals surface area contributed by atoms with Gasteiger partial charge in [-0.25, -0.2) is 4.98 Å². The molecule has 2 aromatic heterocycles. The molecule has 4 heterocycles. The van der Waals surface area contributed by atoms with Crippen molar-refractivity contribution in [2.45, 2.75) is 44.7 Å². The van der Waals surface area contributed by atoms with Crippen molar-refractivity contribution in [3.05, 3.63) is 42.0 Å². The number of methoxy groups -OCH3 is 1. The second-order valence-corrected chi connectivity index (χ2v) is 11.1. The lowest BCUT2D eigenvalue weighted by Crippen LogP contribution is -2.36. The second-order valence-electron chi connectivity index (χ2n) is 11.1. The summed E-state index contributed by atoms with van der Waals surface area (Å²) in [5.41, 5.74) is 5.85. The zero-order valence-corrected chi connectivity index (χ0v) is 22.4. The van der Waals surface area contributed by atoms with Crippen LogP contribution in [0.4, 0.5) is 5.69 Å². The number of rotatable bonds is 7. The first-order chi connectivity index (χ1) is 18.5. The van der Waals surface area contributed by atoms with Gasteiger partial charge in [0.05, 0.1) is 35.6 Å². The van der Waals surface area contributed by atoms with Crippen LogP contribution in [0.5, 0.6) is 5.75 Å². The van der Waals surface area contributed by atoms with E-state index in [4.69, 9.17) is 9.72 Å². The first-order valence-corrected chi connectivity index (χ1v) is 13.9. The summed E-state index contributed by atoms with van der Waals surface area (Å²) >= 11 is 0. The third-order valence-electron chi connectivity index (χ3n) is 8.95. The highest BCUT2D eigenvalue weighted by Crippen LogP contribution is 2.46. The number of likely N-dealkylation sites (tertiary alicyclic amines) is 1. The molecule has 38 heavy (non-hydrogen) atoms. The van der Waals surface area contributed by atoms with Crippen molar-refractivity contribution >= 4 is 33.5 Å². The van der Waals surface area contributed by atoms with Crippen LogP contribution in [-0.2, 0) is 7.05 Å². The van der Waals surface area contributed by atoms with Crippen LogP contribution >= 0.6 is 0 Å². The zero-order valence-electron chi connectivity index (χ0n) is 22.4. The summed E-state index contributed by atoms with van der Waals surface area (Å²) in [6.07, 6.45) is 4.00. The molecule has 3 aliphatic rings. The summed E-state index contributed by atoms with van der Waals surface area (Å²) in [6.45, 7) is 5.01. The van der Waals surface area contributed by atoms with Gasteiger partial charge >= 0.3 is 0 Å². The van der Waals surface area contributed by atoms with Crippen molar-refractivity contribution in [2.24, 2.45) is 13.0 Å². The number of piperidine rings is 1. The van der Waals surface area contributed by atoms with Crippen LogP contribution in [0, 0.1) is 5.92 Å². The van der Waals surface area contributed by atoms with Crippen molar-refractivity contribution in [2.75, 3.05) is 38.3 Å². The Balaban J connectivity index is 1.38. The molecule has 0 bridgehead atoms. The molecule has 2 fully saturated rings. The number of carbonyl (C=O) groups excluding carboxylic acids is 1. The SMILES string of the molecule is CCC1CN(CCCO)c2cccc3cc(-c4nc5cc(C(=O)N6CC[C@H]7C[C@H]76)cc(OC)c5n4C)n1c23. The predicted octanol–water partition coefficient (Wildman–Crippen LogP) is 4.59. The highest BCUT2D eigenvalue weighted by molar-refractivity contribution is 6.01. The van der Waals surface area contributed by atoms with Crippen molar-refractivity contribution in [1.29, 1.82) is 0 Å². The number of aryl methyl sites for hydroxylation is 1. The molecule has 198 valence electrons. The van der Waals surface area contributed by atoms with Crippen LogP contribution < -0.4 is 9.64 Å². The Morgan fingerprint density at radius 2 is 2.08 bits per heavy atom. The second kappa shape index (κ2) is 8.76. The van der Waals surface area contributed by atoms with Crippen LogP contribution in [0.2, 0.25) is 0 Å². The fraction of sp³-hybridized carbons (Fsp3) is 0.467. The van der Waals surface area contributed by atoms with Crippen LogP contribution in [0.1, 0.15) is 49.0 Å². The third-order valence-corrected chi connectivity index (χ3v) is 8.95. The number of nitrogens with zero attached hydrogens (tertiary/aromatic N) is 5. The highest BCUT2D eigenvalue weighted by atomic mass is 16.5. The van der Waals surface area contributed by atoms with Gasteiger partial charge < -0.3 is 28.8 Å². The van der Waals surface area contributed by atoms with E-state index in [-0.39, 0.29) is 18.6 Å². The van der Waals surface area contributed by atoms with E-state index < -0.39 is 0 Å². The van der Waals surface area contributed by atoms with Crippen LogP contribution in [0.25, 0.3) is 33.5 Å². The summed E-state index contributed by atoms with van der Waals surface area (Å²) < 4.78 is 10.4. The number of hydrogen-bond acceptors (Lipinski definition) is 5. The van der Waals surface area contributed by atoms with Gasteiger partial charge in [-0.15, -0.1) is 0 Å². The van der Waals surface area contributed by atoms with E-state index in [1.165, 1.54) is 16.6 Å². The molecule has 4 aromatic rings. The third kappa shape index (κ3) is 3.39. The molecule has 8 heteroatoms. The average molecular weight is 514 g/mol. The van der Waals surface area contributed by atoms with Gasteiger partial charge in [0, 0.05) is 50.3 Å². The van der Waals surface area contributed by atoms with Crippen molar-refractivity contribution in [3.63, 3.8) is 0 Å². The Hall–Kier alpha value is -3.52. The number of aromatic nitrogens is 3. The van der Waals surface area contributed by atoms with Gasteiger partial charge in [0.1, 0.15) is 11.3 Å². The topological polar surface area (TPSA) is 75.8 Å². The Morgan fingerprint density at radius 3 is 2.79 bits per heavy atom. The molecule has 2 aliphatic heterocycles. The molecule has 2 aromatic carbocycles. The normalized spacial score (nSPS) is 21.9. The monoisotopic (exact) mass is 513 g/mol. The van der Waals surface area contributed by atoms with Crippen molar-refractivity contribution < 1.29 is 14.6 Å². The highest BCUT2D eigenvalue weighted by Gasteiger charge is 2.49. The van der Waals surface area contributed by atoms with Crippen molar-refractivity contribution in [3.8, 4) is 17.3 Å². The predicted molar refractivity (Wildman–Crippen MR) is 149 cm³/mol. The standard InChI is InChI=1S/C30H35N5O3/c1-4-21-17-33(10-6-12-36)23-8-5-7-19-15-25(35(21)27(19)23)29-31-22-13-20(16-26(38-3)28(22)32(29)2)30(37)34-11-9-18-14-24(18)34/h5,7-8,13,15-16,18,21,24,36H,4,6,9-12,14,17H2,1-3H3/t18-,21?,24+/m0/s1. The summed E-state index contributed by atoms with van der Waals surface area (Å²) in [6, 6.07) is 13.2. The minimum atomic E-state index is 0.0876. The largest absolute Gasteiger partial charge is 0.494 e. The van der Waals surface area contributed by atoms with Gasteiger partial charge in [-0.05, 0) is 55.9 Å². The Morgan fingerprint density at radius 1 is 1.21 bits per heavy atom. The lowest BCUT2D eigenvalue weighted by Gasteiger charge is -2.36. The van der Waals surface area contributed by atoms with Gasteiger partial charge in [-0.1, -0.05) is 19.1 Å². The zero-order chi connectivity index (χ0) is 26.1. The van der Waals surface area contributed by atoms with E-state index in [1.54, 1.807) is 7.11 Å². The molecule has 7 rings (SSSR count). The van der Waals surface area contributed by atoms with E-state index >= 15 is 0 Å². The van der Waals surface area contributed by atoms with Gasteiger partial charge in [0.15, 0.2) is 5.82 Å². The summed E-state index contributed by atoms with van der Waals surface area (Å²) in [5.74, 6) is 2.33. The van der Waals surface area contributed by atoms with Gasteiger partial charge in [0.2, 0.25) is 0 Å². The van der Waals surface area contributed by atoms with Gasteiger partial charge in [-0.3, -0.25) is 4.79 Å². The molecule has 1 saturated carbocycles. The number of carbonyl (C=O) groups is 1. The number of fused-ring (bicyclic) bond motifs is 2. The summed E-state index contributed by atoms with van der Waals surface area (Å²) in [7, 11) is 3.70. The number of benzene rings is 2. The lowest BCUT2D eigenvalue weighted by molar-refractivity contribution is 0.0768. The number of aliphatic hydroxyl groups is 1. The number of aliphatic hydroxyl groups excluding tert-OH is 1. The molecule has 0 spiro atoms. The first-order valence-electron chi connectivity index (χ1n) is 13.9. The molecule has 8 nitrogen and oxygen atoms in total. The van der Waals surface area contributed by atoms with Gasteiger partial charge in [-0.2, -0.15) is 0 Å². The van der Waals surface area contributed by atoms with Crippen LogP contribution in [0.3, 0.4) is 0 Å². The number of para-hydroxylation sites is 1. The fourth-order valence-corrected chi connectivity index (χ4v) is 6.92. The van der Waals surface area contributed by atoms with E-state index in [9.17, 15) is 9.90 Å². The van der Waals surface area contributed by atoms with E-state index in [2.05, 4.69) is 45.2 Å². The Bertz CT molecular complexity index is 1570. The maximum Gasteiger partial charge on any atom is 0.254 e. The molecular formula is C30H35N5O3. The Labute approximate surface area is 222 Å². The molecule has 1 saturated heterocycles. The van der Waals surface area contributed by atoms with Crippen LogP contribution in [-0.4, -0.2) is 69.4 Å². The average Bonchev–Trinajstić information content (AvgIpc) is 3.25. The smallest absolute Gasteiger partial charge is 0.254 e. The molecular weight excluding hydrogens is 478 g/mol. The molecule has 1 unspecified atom stereocenters. The molecule has 1 amide bonds. The first kappa shape index (κ1) is 23.6. The quantitative estimate of drug-likeness (QED) is 0.391.